The molecule has 134 valence electrons. The maximum absolute atomic E-state index is 5.80. The molecule has 7 nitrogen and oxygen atoms in total. The molecule has 1 aliphatic heterocycles. The van der Waals surface area contributed by atoms with Gasteiger partial charge in [-0.25, -0.2) is 15.0 Å². The lowest BCUT2D eigenvalue weighted by Gasteiger charge is -2.35. The van der Waals surface area contributed by atoms with E-state index in [4.69, 9.17) is 20.4 Å². The van der Waals surface area contributed by atoms with E-state index in [0.29, 0.717) is 12.5 Å². The Kier molecular flexibility index (Phi) is 4.48. The second-order valence-corrected chi connectivity index (χ2v) is 6.67. The van der Waals surface area contributed by atoms with Gasteiger partial charge in [-0.05, 0) is 38.1 Å². The van der Waals surface area contributed by atoms with Crippen LogP contribution in [0.15, 0.2) is 36.7 Å². The van der Waals surface area contributed by atoms with Gasteiger partial charge in [0.05, 0.1) is 34.8 Å². The number of hydrogen-bond donors (Lipinski definition) is 1. The van der Waals surface area contributed by atoms with Gasteiger partial charge < -0.3 is 15.4 Å². The standard InChI is InChI=1S/C19H22N6O/c1-12-10-25(11-13(2)26-12)19-21-6-5-17(24-19)16-4-3-14-9-22-15(8-20)7-18(14)23-16/h3-7,9,12-13H,8,10-11,20H2,1-2H3/t12-,13+. The lowest BCUT2D eigenvalue weighted by atomic mass is 10.2. The maximum atomic E-state index is 5.80. The van der Waals surface area contributed by atoms with Crippen LogP contribution in [0.5, 0.6) is 0 Å². The van der Waals surface area contributed by atoms with Crippen molar-refractivity contribution in [3.05, 3.63) is 42.4 Å². The normalized spacial score (nSPS) is 20.5. The largest absolute Gasteiger partial charge is 0.372 e. The van der Waals surface area contributed by atoms with Crippen LogP contribution in [0.2, 0.25) is 0 Å². The van der Waals surface area contributed by atoms with Crippen molar-refractivity contribution in [3.63, 3.8) is 0 Å². The van der Waals surface area contributed by atoms with Crippen molar-refractivity contribution in [2.24, 2.45) is 5.73 Å². The summed E-state index contributed by atoms with van der Waals surface area (Å²) in [7, 11) is 0. The topological polar surface area (TPSA) is 90.1 Å². The molecule has 0 saturated carbocycles. The van der Waals surface area contributed by atoms with Crippen molar-refractivity contribution in [2.75, 3.05) is 18.0 Å². The molecule has 0 unspecified atom stereocenters. The first-order chi connectivity index (χ1) is 12.6. The molecule has 0 bridgehead atoms. The summed E-state index contributed by atoms with van der Waals surface area (Å²) in [6.45, 7) is 6.10. The summed E-state index contributed by atoms with van der Waals surface area (Å²) in [6.07, 6.45) is 3.90. The summed E-state index contributed by atoms with van der Waals surface area (Å²) < 4.78 is 5.80. The summed E-state index contributed by atoms with van der Waals surface area (Å²) in [5.41, 5.74) is 8.99. The Morgan fingerprint density at radius 3 is 2.62 bits per heavy atom. The van der Waals surface area contributed by atoms with Gasteiger partial charge in [0.25, 0.3) is 0 Å². The molecule has 1 saturated heterocycles. The van der Waals surface area contributed by atoms with E-state index < -0.39 is 0 Å². The zero-order chi connectivity index (χ0) is 18.1. The molecule has 4 rings (SSSR count). The molecule has 2 N–H and O–H groups in total. The minimum atomic E-state index is 0.159. The maximum Gasteiger partial charge on any atom is 0.226 e. The zero-order valence-electron chi connectivity index (χ0n) is 15.0. The average molecular weight is 350 g/mol. The minimum Gasteiger partial charge on any atom is -0.372 e. The van der Waals surface area contributed by atoms with Gasteiger partial charge in [-0.3, -0.25) is 4.98 Å². The fourth-order valence-electron chi connectivity index (χ4n) is 3.30. The van der Waals surface area contributed by atoms with Crippen LogP contribution in [-0.2, 0) is 11.3 Å². The molecule has 0 radical (unpaired) electrons. The molecule has 0 spiro atoms. The Morgan fingerprint density at radius 2 is 1.85 bits per heavy atom. The summed E-state index contributed by atoms with van der Waals surface area (Å²) in [6, 6.07) is 7.77. The third kappa shape index (κ3) is 3.36. The van der Waals surface area contributed by atoms with Crippen molar-refractivity contribution < 1.29 is 4.74 Å². The number of rotatable bonds is 3. The molecule has 7 heteroatoms. The van der Waals surface area contributed by atoms with Crippen molar-refractivity contribution >= 4 is 16.9 Å². The summed E-state index contributed by atoms with van der Waals surface area (Å²) in [5, 5.41) is 0.982. The summed E-state index contributed by atoms with van der Waals surface area (Å²) in [5.74, 6) is 0.712. The van der Waals surface area contributed by atoms with Crippen LogP contribution < -0.4 is 10.6 Å². The highest BCUT2D eigenvalue weighted by atomic mass is 16.5. The molecule has 3 aromatic heterocycles. The van der Waals surface area contributed by atoms with E-state index in [9.17, 15) is 0 Å². The molecule has 1 aliphatic rings. The quantitative estimate of drug-likeness (QED) is 0.774. The number of nitrogens with zero attached hydrogens (tertiary/aromatic N) is 5. The molecule has 3 aromatic rings. The second kappa shape index (κ2) is 6.93. The third-order valence-electron chi connectivity index (χ3n) is 4.45. The van der Waals surface area contributed by atoms with Crippen LogP contribution >= 0.6 is 0 Å². The van der Waals surface area contributed by atoms with Crippen LogP contribution in [0.4, 0.5) is 5.95 Å². The fourth-order valence-corrected chi connectivity index (χ4v) is 3.30. The molecule has 0 amide bonds. The third-order valence-corrected chi connectivity index (χ3v) is 4.45. The molecular weight excluding hydrogens is 328 g/mol. The molecule has 26 heavy (non-hydrogen) atoms. The van der Waals surface area contributed by atoms with Crippen LogP contribution in [0.25, 0.3) is 22.3 Å². The van der Waals surface area contributed by atoms with Gasteiger partial charge in [-0.15, -0.1) is 0 Å². The Balaban J connectivity index is 1.68. The number of aromatic nitrogens is 4. The molecule has 0 aromatic carbocycles. The van der Waals surface area contributed by atoms with Crippen molar-refractivity contribution in [1.82, 2.24) is 19.9 Å². The molecule has 1 fully saturated rings. The van der Waals surface area contributed by atoms with E-state index >= 15 is 0 Å². The molecule has 2 atom stereocenters. The minimum absolute atomic E-state index is 0.159. The Bertz CT molecular complexity index is 921. The van der Waals surface area contributed by atoms with E-state index in [-0.39, 0.29) is 12.2 Å². The van der Waals surface area contributed by atoms with Crippen molar-refractivity contribution in [1.29, 1.82) is 0 Å². The predicted octanol–water partition coefficient (Wildman–Crippen LogP) is 2.16. The van der Waals surface area contributed by atoms with E-state index in [0.717, 1.165) is 41.1 Å². The van der Waals surface area contributed by atoms with Crippen LogP contribution in [0.1, 0.15) is 19.5 Å². The average Bonchev–Trinajstić information content (AvgIpc) is 2.66. The van der Waals surface area contributed by atoms with Gasteiger partial charge in [0.2, 0.25) is 5.95 Å². The summed E-state index contributed by atoms with van der Waals surface area (Å²) >= 11 is 0. The smallest absolute Gasteiger partial charge is 0.226 e. The monoisotopic (exact) mass is 350 g/mol. The Hall–Kier alpha value is -2.64. The Labute approximate surface area is 152 Å². The Morgan fingerprint density at radius 1 is 1.08 bits per heavy atom. The highest BCUT2D eigenvalue weighted by Gasteiger charge is 2.24. The van der Waals surface area contributed by atoms with Crippen LogP contribution in [-0.4, -0.2) is 45.2 Å². The van der Waals surface area contributed by atoms with Gasteiger partial charge in [0, 0.05) is 37.4 Å². The van der Waals surface area contributed by atoms with E-state index in [1.54, 1.807) is 12.4 Å². The first kappa shape index (κ1) is 16.8. The van der Waals surface area contributed by atoms with Crippen LogP contribution in [0.3, 0.4) is 0 Å². The number of pyridine rings is 2. The number of hydrogen-bond acceptors (Lipinski definition) is 7. The van der Waals surface area contributed by atoms with Crippen molar-refractivity contribution in [3.8, 4) is 11.4 Å². The van der Waals surface area contributed by atoms with Crippen LogP contribution in [0, 0.1) is 0 Å². The van der Waals surface area contributed by atoms with Gasteiger partial charge in [0.1, 0.15) is 0 Å². The first-order valence-electron chi connectivity index (χ1n) is 8.82. The predicted molar refractivity (Wildman–Crippen MR) is 101 cm³/mol. The highest BCUT2D eigenvalue weighted by molar-refractivity contribution is 5.80. The van der Waals surface area contributed by atoms with Gasteiger partial charge in [0.15, 0.2) is 0 Å². The van der Waals surface area contributed by atoms with E-state index in [2.05, 4.69) is 28.7 Å². The lowest BCUT2D eigenvalue weighted by Crippen LogP contribution is -2.46. The van der Waals surface area contributed by atoms with Gasteiger partial charge in [-0.1, -0.05) is 0 Å². The molecule has 4 heterocycles. The zero-order valence-corrected chi connectivity index (χ0v) is 15.0. The number of nitrogens with two attached hydrogens (primary N) is 1. The molecule has 0 aliphatic carbocycles. The van der Waals surface area contributed by atoms with Gasteiger partial charge in [-0.2, -0.15) is 0 Å². The fraction of sp³-hybridized carbons (Fsp3) is 0.368. The van der Waals surface area contributed by atoms with E-state index in [1.165, 1.54) is 0 Å². The second-order valence-electron chi connectivity index (χ2n) is 6.67. The number of anilines is 1. The molecular formula is C19H22N6O. The number of morpholine rings is 1. The van der Waals surface area contributed by atoms with E-state index in [1.807, 2.05) is 24.3 Å². The first-order valence-corrected chi connectivity index (χ1v) is 8.82. The highest BCUT2D eigenvalue weighted by Crippen LogP contribution is 2.22. The number of ether oxygens (including phenoxy) is 1. The summed E-state index contributed by atoms with van der Waals surface area (Å²) in [4.78, 5) is 20.4. The van der Waals surface area contributed by atoms with Gasteiger partial charge >= 0.3 is 0 Å². The SMILES string of the molecule is C[C@@H]1CN(c2nccc(-c3ccc4cnc(CN)cc4n3)n2)C[C@H](C)O1. The lowest BCUT2D eigenvalue weighted by molar-refractivity contribution is -0.00571. The number of fused-ring (bicyclic) bond motifs is 1. The van der Waals surface area contributed by atoms with Crippen molar-refractivity contribution in [2.45, 2.75) is 32.6 Å².